The van der Waals surface area contributed by atoms with E-state index >= 15 is 0 Å². The number of urea groups is 2. The van der Waals surface area contributed by atoms with Gasteiger partial charge in [0.1, 0.15) is 23.3 Å². The van der Waals surface area contributed by atoms with Gasteiger partial charge in [-0.25, -0.2) is 27.7 Å². The van der Waals surface area contributed by atoms with Crippen LogP contribution in [0.25, 0.3) is 22.0 Å². The molecule has 0 saturated heterocycles. The van der Waals surface area contributed by atoms with E-state index in [0.29, 0.717) is 34.6 Å². The van der Waals surface area contributed by atoms with Crippen molar-refractivity contribution in [1.29, 1.82) is 0 Å². The van der Waals surface area contributed by atoms with Gasteiger partial charge in [0.2, 0.25) is 0 Å². The molecule has 4 rings (SSSR count). The summed E-state index contributed by atoms with van der Waals surface area (Å²) >= 11 is 0. The minimum atomic E-state index is -0.935. The maximum Gasteiger partial charge on any atom is 0.323 e. The Bertz CT molecular complexity index is 1650. The first-order chi connectivity index (χ1) is 18.5. The Morgan fingerprint density at radius 1 is 0.923 bits per heavy atom. The summed E-state index contributed by atoms with van der Waals surface area (Å²) in [6.45, 7) is 3.70. The molecule has 0 aliphatic heterocycles. The molecule has 12 heteroatoms. The number of pyridine rings is 2. The Morgan fingerprint density at radius 2 is 1.62 bits per heavy atom. The summed E-state index contributed by atoms with van der Waals surface area (Å²) in [6.07, 6.45) is 1.51. The van der Waals surface area contributed by atoms with Crippen molar-refractivity contribution in [2.45, 2.75) is 20.4 Å². The molecule has 2 aromatic heterocycles. The molecule has 9 nitrogen and oxygen atoms in total. The van der Waals surface area contributed by atoms with E-state index in [1.165, 1.54) is 27.8 Å². The van der Waals surface area contributed by atoms with Crippen molar-refractivity contribution in [2.75, 3.05) is 30.0 Å². The Morgan fingerprint density at radius 3 is 2.26 bits per heavy atom. The van der Waals surface area contributed by atoms with Gasteiger partial charge in [-0.15, -0.1) is 0 Å². The molecular weight excluding hydrogens is 513 g/mol. The van der Waals surface area contributed by atoms with Crippen molar-refractivity contribution in [2.24, 2.45) is 0 Å². The standard InChI is InChI=1S/C27H25F3N6O3/c1-5-36-23-12-24(34-27(39)35(3)4)31-13-15(23)7-20(25(36)37)19-11-22(21(30)6-14(19)2)33-26(38)32-18-9-16(28)8-17(29)10-18/h6-13H,5H2,1-4H3,(H,31,34,39)(H2,32,33,38). The van der Waals surface area contributed by atoms with E-state index in [2.05, 4.69) is 20.9 Å². The number of nitrogens with one attached hydrogen (secondary N) is 3. The first kappa shape index (κ1) is 27.2. The second-order valence-electron chi connectivity index (χ2n) is 8.94. The van der Waals surface area contributed by atoms with Crippen LogP contribution in [0.3, 0.4) is 0 Å². The highest BCUT2D eigenvalue weighted by molar-refractivity contribution is 6.00. The van der Waals surface area contributed by atoms with E-state index in [0.717, 1.165) is 12.1 Å². The average Bonchev–Trinajstić information content (AvgIpc) is 2.85. The fourth-order valence-corrected chi connectivity index (χ4v) is 4.04. The number of hydrogen-bond donors (Lipinski definition) is 3. The molecule has 2 heterocycles. The molecule has 2 aromatic carbocycles. The summed E-state index contributed by atoms with van der Waals surface area (Å²) in [5, 5.41) is 7.81. The third kappa shape index (κ3) is 5.84. The molecule has 0 saturated carbocycles. The molecule has 0 unspecified atom stereocenters. The molecular formula is C27H25F3N6O3. The number of carbonyl (C=O) groups is 2. The van der Waals surface area contributed by atoms with Crippen LogP contribution in [0.1, 0.15) is 12.5 Å². The number of aryl methyl sites for hydroxylation is 2. The lowest BCUT2D eigenvalue weighted by Gasteiger charge is -2.16. The molecule has 0 radical (unpaired) electrons. The van der Waals surface area contributed by atoms with E-state index in [-0.39, 0.29) is 34.3 Å². The number of benzene rings is 2. The maximum atomic E-state index is 14.8. The number of halogens is 3. The van der Waals surface area contributed by atoms with E-state index < -0.39 is 23.5 Å². The van der Waals surface area contributed by atoms with Crippen LogP contribution >= 0.6 is 0 Å². The van der Waals surface area contributed by atoms with Gasteiger partial charge in [-0.05, 0) is 55.3 Å². The fraction of sp³-hybridized carbons (Fsp3) is 0.185. The Labute approximate surface area is 221 Å². The lowest BCUT2D eigenvalue weighted by atomic mass is 9.99. The summed E-state index contributed by atoms with van der Waals surface area (Å²) in [6, 6.07) is 6.84. The monoisotopic (exact) mass is 538 g/mol. The predicted octanol–water partition coefficient (Wildman–Crippen LogP) is 5.55. The summed E-state index contributed by atoms with van der Waals surface area (Å²) < 4.78 is 43.2. The van der Waals surface area contributed by atoms with Crippen LogP contribution in [0.4, 0.5) is 40.0 Å². The Balaban J connectivity index is 1.72. The summed E-state index contributed by atoms with van der Waals surface area (Å²) in [4.78, 5) is 43.6. The molecule has 3 N–H and O–H groups in total. The van der Waals surface area contributed by atoms with Gasteiger partial charge in [-0.2, -0.15) is 0 Å². The number of nitrogens with zero attached hydrogens (tertiary/aromatic N) is 3. The minimum Gasteiger partial charge on any atom is -0.331 e. The second-order valence-corrected chi connectivity index (χ2v) is 8.94. The fourth-order valence-electron chi connectivity index (χ4n) is 4.04. The van der Waals surface area contributed by atoms with Crippen LogP contribution in [0, 0.1) is 24.4 Å². The molecule has 4 aromatic rings. The van der Waals surface area contributed by atoms with Gasteiger partial charge >= 0.3 is 12.1 Å². The van der Waals surface area contributed by atoms with Crippen LogP contribution in [0.15, 0.2) is 53.5 Å². The smallest absolute Gasteiger partial charge is 0.323 e. The average molecular weight is 539 g/mol. The van der Waals surface area contributed by atoms with Crippen molar-refractivity contribution in [1.82, 2.24) is 14.5 Å². The molecule has 0 aliphatic rings. The molecule has 0 spiro atoms. The van der Waals surface area contributed by atoms with Gasteiger partial charge in [0, 0.05) is 55.6 Å². The summed E-state index contributed by atoms with van der Waals surface area (Å²) in [5.74, 6) is -2.28. The van der Waals surface area contributed by atoms with Crippen molar-refractivity contribution in [3.05, 3.63) is 82.0 Å². The lowest BCUT2D eigenvalue weighted by molar-refractivity contribution is 0.230. The Hall–Kier alpha value is -4.87. The highest BCUT2D eigenvalue weighted by atomic mass is 19.1. The normalized spacial score (nSPS) is 10.8. The number of carbonyl (C=O) groups excluding carboxylic acids is 2. The number of aromatic nitrogens is 2. The molecule has 4 amide bonds. The number of rotatable bonds is 5. The van der Waals surface area contributed by atoms with Crippen molar-refractivity contribution in [3.63, 3.8) is 0 Å². The largest absolute Gasteiger partial charge is 0.331 e. The molecule has 202 valence electrons. The van der Waals surface area contributed by atoms with Gasteiger partial charge in [0.25, 0.3) is 5.56 Å². The van der Waals surface area contributed by atoms with Crippen molar-refractivity contribution < 1.29 is 22.8 Å². The van der Waals surface area contributed by atoms with Gasteiger partial charge in [0.05, 0.1) is 11.2 Å². The van der Waals surface area contributed by atoms with Gasteiger partial charge in [-0.1, -0.05) is 0 Å². The highest BCUT2D eigenvalue weighted by Gasteiger charge is 2.18. The molecule has 0 aliphatic carbocycles. The maximum absolute atomic E-state index is 14.8. The SMILES string of the molecule is CCn1c(=O)c(-c2cc(NC(=O)Nc3cc(F)cc(F)c3)c(F)cc2C)cc2cnc(NC(=O)N(C)C)cc21. The highest BCUT2D eigenvalue weighted by Crippen LogP contribution is 2.29. The van der Waals surface area contributed by atoms with Gasteiger partial charge in [-0.3, -0.25) is 10.1 Å². The zero-order valence-corrected chi connectivity index (χ0v) is 21.5. The van der Waals surface area contributed by atoms with Crippen LogP contribution in [0.2, 0.25) is 0 Å². The summed E-state index contributed by atoms with van der Waals surface area (Å²) in [5.41, 5.74) is 0.801. The van der Waals surface area contributed by atoms with E-state index in [9.17, 15) is 27.6 Å². The predicted molar refractivity (Wildman–Crippen MR) is 144 cm³/mol. The first-order valence-corrected chi connectivity index (χ1v) is 11.8. The second kappa shape index (κ2) is 10.9. The van der Waals surface area contributed by atoms with Crippen LogP contribution in [-0.4, -0.2) is 40.6 Å². The zero-order valence-electron chi connectivity index (χ0n) is 21.5. The third-order valence-electron chi connectivity index (χ3n) is 5.91. The van der Waals surface area contributed by atoms with Crippen molar-refractivity contribution in [3.8, 4) is 11.1 Å². The van der Waals surface area contributed by atoms with Crippen LogP contribution in [-0.2, 0) is 6.54 Å². The summed E-state index contributed by atoms with van der Waals surface area (Å²) in [7, 11) is 3.17. The number of hydrogen-bond acceptors (Lipinski definition) is 4. The topological polar surface area (TPSA) is 108 Å². The Kier molecular flexibility index (Phi) is 7.56. The molecule has 0 atom stereocenters. The minimum absolute atomic E-state index is 0.160. The van der Waals surface area contributed by atoms with E-state index in [1.54, 1.807) is 40.1 Å². The van der Waals surface area contributed by atoms with Crippen LogP contribution < -0.4 is 21.5 Å². The van der Waals surface area contributed by atoms with Gasteiger partial charge in [0.15, 0.2) is 0 Å². The van der Waals surface area contributed by atoms with E-state index in [4.69, 9.17) is 0 Å². The first-order valence-electron chi connectivity index (χ1n) is 11.8. The quantitative estimate of drug-likeness (QED) is 0.310. The number of amides is 4. The van der Waals surface area contributed by atoms with Crippen molar-refractivity contribution >= 4 is 40.2 Å². The third-order valence-corrected chi connectivity index (χ3v) is 5.91. The van der Waals surface area contributed by atoms with E-state index in [1.807, 2.05) is 0 Å². The molecule has 0 bridgehead atoms. The molecule has 39 heavy (non-hydrogen) atoms. The number of fused-ring (bicyclic) bond motifs is 1. The van der Waals surface area contributed by atoms with Gasteiger partial charge < -0.3 is 20.1 Å². The molecule has 0 fully saturated rings. The number of anilines is 3. The zero-order chi connectivity index (χ0) is 28.4. The van der Waals surface area contributed by atoms with Crippen LogP contribution in [0.5, 0.6) is 0 Å². The lowest BCUT2D eigenvalue weighted by Crippen LogP contribution is -2.28.